The average molecular weight is 437 g/mol. The highest BCUT2D eigenvalue weighted by Crippen LogP contribution is 2.31. The summed E-state index contributed by atoms with van der Waals surface area (Å²) in [4.78, 5) is 14.6. The molecule has 1 amide bonds. The van der Waals surface area contributed by atoms with Crippen molar-refractivity contribution < 1.29 is 4.79 Å². The molecule has 7 heteroatoms. The number of hydrogen-bond donors (Lipinski definition) is 1. The molecule has 0 radical (unpaired) electrons. The van der Waals surface area contributed by atoms with Crippen molar-refractivity contribution in [3.05, 3.63) is 62.6 Å². The number of amides is 1. The van der Waals surface area contributed by atoms with Gasteiger partial charge in [-0.3, -0.25) is 4.79 Å². The fourth-order valence-corrected chi connectivity index (χ4v) is 4.31. The Labute approximate surface area is 180 Å². The molecule has 2 aromatic carbocycles. The van der Waals surface area contributed by atoms with E-state index in [1.807, 2.05) is 30.9 Å². The summed E-state index contributed by atoms with van der Waals surface area (Å²) in [5, 5.41) is 14.1. The summed E-state index contributed by atoms with van der Waals surface area (Å²) >= 11 is 18.7. The van der Waals surface area contributed by atoms with Gasteiger partial charge in [0.05, 0.1) is 22.7 Å². The van der Waals surface area contributed by atoms with E-state index in [9.17, 15) is 4.79 Å². The van der Waals surface area contributed by atoms with Crippen molar-refractivity contribution in [1.82, 2.24) is 4.90 Å². The molecule has 0 spiro atoms. The highest BCUT2D eigenvalue weighted by atomic mass is 35.5. The number of halogens is 3. The third-order valence-corrected chi connectivity index (χ3v) is 5.86. The van der Waals surface area contributed by atoms with Crippen LogP contribution in [0.3, 0.4) is 0 Å². The number of rotatable bonds is 5. The molecule has 1 aliphatic rings. The van der Waals surface area contributed by atoms with E-state index >= 15 is 0 Å². The number of nitriles is 1. The molecule has 1 unspecified atom stereocenters. The molecule has 0 aliphatic carbocycles. The second-order valence-corrected chi connectivity index (χ2v) is 8.41. The summed E-state index contributed by atoms with van der Waals surface area (Å²) in [5.41, 5.74) is 2.10. The van der Waals surface area contributed by atoms with Gasteiger partial charge in [-0.2, -0.15) is 5.26 Å². The molecule has 1 N–H and O–H groups in total. The molecule has 1 aliphatic heterocycles. The Bertz CT molecular complexity index is 939. The van der Waals surface area contributed by atoms with Crippen LogP contribution in [0.25, 0.3) is 0 Å². The monoisotopic (exact) mass is 435 g/mol. The van der Waals surface area contributed by atoms with Crippen LogP contribution in [-0.2, 0) is 11.2 Å². The Hall–Kier alpha value is -1.93. The van der Waals surface area contributed by atoms with E-state index in [0.717, 1.165) is 11.3 Å². The molecule has 4 nitrogen and oxygen atoms in total. The van der Waals surface area contributed by atoms with Gasteiger partial charge in [-0.1, -0.05) is 34.8 Å². The Kier molecular flexibility index (Phi) is 6.40. The van der Waals surface area contributed by atoms with Crippen LogP contribution in [0.15, 0.2) is 36.4 Å². The van der Waals surface area contributed by atoms with Crippen molar-refractivity contribution in [3.8, 4) is 6.07 Å². The van der Waals surface area contributed by atoms with Crippen LogP contribution in [0.5, 0.6) is 0 Å². The van der Waals surface area contributed by atoms with Gasteiger partial charge in [0.2, 0.25) is 5.91 Å². The van der Waals surface area contributed by atoms with Crippen LogP contribution in [0.2, 0.25) is 15.1 Å². The molecule has 1 heterocycles. The molecule has 1 fully saturated rings. The Morgan fingerprint density at radius 1 is 1.18 bits per heavy atom. The topological polar surface area (TPSA) is 56.1 Å². The molecule has 1 saturated heterocycles. The van der Waals surface area contributed by atoms with Crippen LogP contribution in [0.4, 0.5) is 5.69 Å². The van der Waals surface area contributed by atoms with Gasteiger partial charge >= 0.3 is 0 Å². The fourth-order valence-electron chi connectivity index (χ4n) is 3.70. The van der Waals surface area contributed by atoms with Crippen LogP contribution in [0.1, 0.15) is 31.4 Å². The SMILES string of the molecule is CC(C)N1C(=O)C[C@H](Nc2ccc(C#N)c(Cl)c2)C1Cc1cc(Cl)ccc1Cl. The van der Waals surface area contributed by atoms with Gasteiger partial charge in [-0.25, -0.2) is 0 Å². The number of benzene rings is 2. The number of likely N-dealkylation sites (tertiary alicyclic amines) is 1. The van der Waals surface area contributed by atoms with Crippen LogP contribution < -0.4 is 5.32 Å². The minimum atomic E-state index is -0.117. The smallest absolute Gasteiger partial charge is 0.225 e. The zero-order chi connectivity index (χ0) is 20.4. The molecular weight excluding hydrogens is 417 g/mol. The van der Waals surface area contributed by atoms with E-state index in [2.05, 4.69) is 5.32 Å². The van der Waals surface area contributed by atoms with Crippen molar-refractivity contribution in [1.29, 1.82) is 5.26 Å². The van der Waals surface area contributed by atoms with Crippen molar-refractivity contribution in [3.63, 3.8) is 0 Å². The number of anilines is 1. The van der Waals surface area contributed by atoms with E-state index in [1.165, 1.54) is 0 Å². The van der Waals surface area contributed by atoms with Crippen molar-refractivity contribution in [2.45, 2.75) is 44.8 Å². The predicted octanol–water partition coefficient (Wildman–Crippen LogP) is 5.55. The van der Waals surface area contributed by atoms with Crippen LogP contribution >= 0.6 is 34.8 Å². The normalized spacial score (nSPS) is 19.2. The highest BCUT2D eigenvalue weighted by molar-refractivity contribution is 6.33. The van der Waals surface area contributed by atoms with Gasteiger partial charge in [0.1, 0.15) is 6.07 Å². The Balaban J connectivity index is 1.90. The molecule has 3 rings (SSSR count). The lowest BCUT2D eigenvalue weighted by Crippen LogP contribution is -2.45. The first-order valence-electron chi connectivity index (χ1n) is 9.01. The Morgan fingerprint density at radius 2 is 1.93 bits per heavy atom. The molecule has 0 bridgehead atoms. The maximum Gasteiger partial charge on any atom is 0.225 e. The van der Waals surface area contributed by atoms with Gasteiger partial charge in [0.15, 0.2) is 0 Å². The second-order valence-electron chi connectivity index (χ2n) is 7.16. The molecular formula is C21H20Cl3N3O. The quantitative estimate of drug-likeness (QED) is 0.668. The van der Waals surface area contributed by atoms with Gasteiger partial charge in [0, 0.05) is 28.2 Å². The van der Waals surface area contributed by atoms with E-state index in [0.29, 0.717) is 33.5 Å². The van der Waals surface area contributed by atoms with E-state index in [4.69, 9.17) is 40.1 Å². The molecule has 0 aromatic heterocycles. The summed E-state index contributed by atoms with van der Waals surface area (Å²) in [7, 11) is 0. The number of nitrogens with zero attached hydrogens (tertiary/aromatic N) is 2. The molecule has 2 aromatic rings. The second kappa shape index (κ2) is 8.61. The zero-order valence-corrected chi connectivity index (χ0v) is 17.8. The molecule has 28 heavy (non-hydrogen) atoms. The fraction of sp³-hybridized carbons (Fsp3) is 0.333. The zero-order valence-electron chi connectivity index (χ0n) is 15.5. The number of nitrogens with one attached hydrogen (secondary N) is 1. The summed E-state index contributed by atoms with van der Waals surface area (Å²) in [6.07, 6.45) is 0.962. The molecule has 146 valence electrons. The average Bonchev–Trinajstić information content (AvgIpc) is 2.93. The van der Waals surface area contributed by atoms with Gasteiger partial charge in [-0.05, 0) is 62.2 Å². The maximum atomic E-state index is 12.7. The maximum absolute atomic E-state index is 12.7. The van der Waals surface area contributed by atoms with Crippen LogP contribution in [0, 0.1) is 11.3 Å². The van der Waals surface area contributed by atoms with E-state index in [1.54, 1.807) is 30.3 Å². The standard InChI is InChI=1S/C21H20Cl3N3O/c1-12(2)27-20(8-14-7-15(22)4-6-17(14)23)19(10-21(27)28)26-16-5-3-13(11-25)18(24)9-16/h3-7,9,12,19-20,26H,8,10H2,1-2H3/t19-,20?/m0/s1. The highest BCUT2D eigenvalue weighted by Gasteiger charge is 2.41. The first-order valence-corrected chi connectivity index (χ1v) is 10.1. The largest absolute Gasteiger partial charge is 0.380 e. The molecule has 0 saturated carbocycles. The van der Waals surface area contributed by atoms with Crippen molar-refractivity contribution in [2.24, 2.45) is 0 Å². The lowest BCUT2D eigenvalue weighted by atomic mass is 9.99. The number of carbonyl (C=O) groups excluding carboxylic acids is 1. The van der Waals surface area contributed by atoms with Crippen molar-refractivity contribution in [2.75, 3.05) is 5.32 Å². The predicted molar refractivity (Wildman–Crippen MR) is 114 cm³/mol. The van der Waals surface area contributed by atoms with Crippen LogP contribution in [-0.4, -0.2) is 28.9 Å². The van der Waals surface area contributed by atoms with Crippen molar-refractivity contribution >= 4 is 46.4 Å². The van der Waals surface area contributed by atoms with E-state index < -0.39 is 0 Å². The van der Waals surface area contributed by atoms with Gasteiger partial charge in [-0.15, -0.1) is 0 Å². The minimum Gasteiger partial charge on any atom is -0.380 e. The summed E-state index contributed by atoms with van der Waals surface area (Å²) in [6, 6.07) is 12.5. The lowest BCUT2D eigenvalue weighted by molar-refractivity contribution is -0.130. The summed E-state index contributed by atoms with van der Waals surface area (Å²) < 4.78 is 0. The molecule has 2 atom stereocenters. The third kappa shape index (κ3) is 4.38. The minimum absolute atomic E-state index is 0.0619. The summed E-state index contributed by atoms with van der Waals surface area (Å²) in [5.74, 6) is 0.0930. The number of carbonyl (C=O) groups is 1. The first-order chi connectivity index (χ1) is 13.3. The summed E-state index contributed by atoms with van der Waals surface area (Å²) in [6.45, 7) is 4.01. The lowest BCUT2D eigenvalue weighted by Gasteiger charge is -2.32. The van der Waals surface area contributed by atoms with Gasteiger partial charge < -0.3 is 10.2 Å². The number of hydrogen-bond acceptors (Lipinski definition) is 3. The van der Waals surface area contributed by atoms with E-state index in [-0.39, 0.29) is 24.0 Å². The Morgan fingerprint density at radius 3 is 2.57 bits per heavy atom. The third-order valence-electron chi connectivity index (χ3n) is 4.94. The van der Waals surface area contributed by atoms with Gasteiger partial charge in [0.25, 0.3) is 0 Å². The first kappa shape index (κ1) is 20.8.